The van der Waals surface area contributed by atoms with Gasteiger partial charge < -0.3 is 4.74 Å². The molecule has 0 bridgehead atoms. The van der Waals surface area contributed by atoms with Gasteiger partial charge in [-0.2, -0.15) is 11.8 Å². The number of piperidine rings is 1. The zero-order chi connectivity index (χ0) is 10.7. The maximum atomic E-state index is 11.5. The van der Waals surface area contributed by atoms with Crippen molar-refractivity contribution in [2.24, 2.45) is 5.92 Å². The molecule has 0 saturated carbocycles. The summed E-state index contributed by atoms with van der Waals surface area (Å²) in [4.78, 5) is 14.0. The van der Waals surface area contributed by atoms with Crippen molar-refractivity contribution in [3.05, 3.63) is 0 Å². The molecule has 0 N–H and O–H groups in total. The van der Waals surface area contributed by atoms with Gasteiger partial charge in [0.15, 0.2) is 0 Å². The van der Waals surface area contributed by atoms with Crippen molar-refractivity contribution in [3.63, 3.8) is 0 Å². The second-order valence-electron chi connectivity index (χ2n) is 4.37. The molecule has 2 aliphatic heterocycles. The lowest BCUT2D eigenvalue weighted by Crippen LogP contribution is -2.45. The van der Waals surface area contributed by atoms with Gasteiger partial charge in [0, 0.05) is 18.3 Å². The summed E-state index contributed by atoms with van der Waals surface area (Å²) < 4.78 is 4.83. The maximum Gasteiger partial charge on any atom is 0.309 e. The van der Waals surface area contributed by atoms with Crippen LogP contribution >= 0.6 is 11.8 Å². The molecule has 2 rings (SSSR count). The van der Waals surface area contributed by atoms with E-state index in [1.165, 1.54) is 31.6 Å². The molecule has 2 fully saturated rings. The smallest absolute Gasteiger partial charge is 0.309 e. The third kappa shape index (κ3) is 2.67. The van der Waals surface area contributed by atoms with Gasteiger partial charge in [-0.1, -0.05) is 0 Å². The van der Waals surface area contributed by atoms with E-state index in [9.17, 15) is 4.79 Å². The molecule has 2 aliphatic rings. The Balaban J connectivity index is 1.88. The van der Waals surface area contributed by atoms with Gasteiger partial charge in [0.25, 0.3) is 0 Å². The summed E-state index contributed by atoms with van der Waals surface area (Å²) in [6.07, 6.45) is 3.43. The number of esters is 1. The summed E-state index contributed by atoms with van der Waals surface area (Å²) >= 11 is 2.03. The minimum absolute atomic E-state index is 0.0228. The number of rotatable bonds is 2. The summed E-state index contributed by atoms with van der Waals surface area (Å²) in [5.41, 5.74) is 0. The first-order valence-electron chi connectivity index (χ1n) is 5.71. The molecule has 3 nitrogen and oxygen atoms in total. The third-order valence-corrected chi connectivity index (χ3v) is 4.55. The van der Waals surface area contributed by atoms with Crippen LogP contribution in [0.4, 0.5) is 0 Å². The fraction of sp³-hybridized carbons (Fsp3) is 0.909. The van der Waals surface area contributed by atoms with Crippen LogP contribution in [0, 0.1) is 5.92 Å². The molecule has 0 aromatic rings. The lowest BCUT2D eigenvalue weighted by molar-refractivity contribution is -0.147. The first-order chi connectivity index (χ1) is 7.31. The first-order valence-corrected chi connectivity index (χ1v) is 6.86. The molecule has 0 spiro atoms. The molecule has 0 amide bonds. The highest BCUT2D eigenvalue weighted by atomic mass is 32.2. The van der Waals surface area contributed by atoms with Crippen LogP contribution in [0.25, 0.3) is 0 Å². The molecular formula is C11H19NO2S. The summed E-state index contributed by atoms with van der Waals surface area (Å²) in [7, 11) is 1.49. The highest BCUT2D eigenvalue weighted by Gasteiger charge is 2.31. The highest BCUT2D eigenvalue weighted by molar-refractivity contribution is 7.99. The Bertz CT molecular complexity index is 229. The molecule has 2 unspecified atom stereocenters. The Morgan fingerprint density at radius 2 is 2.33 bits per heavy atom. The first kappa shape index (κ1) is 11.3. The quantitative estimate of drug-likeness (QED) is 0.669. The molecule has 4 heteroatoms. The van der Waals surface area contributed by atoms with E-state index in [1.807, 2.05) is 11.8 Å². The van der Waals surface area contributed by atoms with E-state index in [4.69, 9.17) is 4.74 Å². The Morgan fingerprint density at radius 1 is 1.47 bits per heavy atom. The second-order valence-corrected chi connectivity index (χ2v) is 5.52. The molecule has 15 heavy (non-hydrogen) atoms. The number of nitrogens with zero attached hydrogens (tertiary/aromatic N) is 1. The summed E-state index contributed by atoms with van der Waals surface area (Å²) in [6, 6.07) is 0.711. The fourth-order valence-electron chi connectivity index (χ4n) is 2.51. The number of ether oxygens (including phenoxy) is 1. The van der Waals surface area contributed by atoms with Gasteiger partial charge in [0.05, 0.1) is 13.0 Å². The zero-order valence-corrected chi connectivity index (χ0v) is 10.1. The van der Waals surface area contributed by atoms with Crippen LogP contribution in [0.3, 0.4) is 0 Å². The molecule has 0 aliphatic carbocycles. The van der Waals surface area contributed by atoms with Crippen LogP contribution in [-0.4, -0.2) is 48.6 Å². The van der Waals surface area contributed by atoms with E-state index in [0.717, 1.165) is 19.4 Å². The number of thioether (sulfide) groups is 1. The maximum absolute atomic E-state index is 11.5. The number of likely N-dealkylation sites (tertiary alicyclic amines) is 1. The van der Waals surface area contributed by atoms with Crippen molar-refractivity contribution in [2.45, 2.75) is 25.3 Å². The minimum Gasteiger partial charge on any atom is -0.469 e. The van der Waals surface area contributed by atoms with Gasteiger partial charge in [-0.05, 0) is 31.6 Å². The molecule has 86 valence electrons. The number of methoxy groups -OCH3 is 1. The van der Waals surface area contributed by atoms with Crippen molar-refractivity contribution in [2.75, 3.05) is 31.7 Å². The van der Waals surface area contributed by atoms with Crippen molar-refractivity contribution >= 4 is 17.7 Å². The largest absolute Gasteiger partial charge is 0.469 e. The monoisotopic (exact) mass is 229 g/mol. The SMILES string of the molecule is COC(=O)C1CCCN(C2CCSC2)C1. The van der Waals surface area contributed by atoms with Gasteiger partial charge in [-0.25, -0.2) is 0 Å². The molecule has 2 heterocycles. The predicted molar refractivity (Wildman–Crippen MR) is 62.0 cm³/mol. The standard InChI is InChI=1S/C11H19NO2S/c1-14-11(13)9-3-2-5-12(7-9)10-4-6-15-8-10/h9-10H,2-8H2,1H3. The number of hydrogen-bond donors (Lipinski definition) is 0. The Labute approximate surface area is 95.5 Å². The lowest BCUT2D eigenvalue weighted by Gasteiger charge is -2.35. The molecule has 0 radical (unpaired) electrons. The fourth-order valence-corrected chi connectivity index (χ4v) is 3.76. The highest BCUT2D eigenvalue weighted by Crippen LogP contribution is 2.27. The van der Waals surface area contributed by atoms with Crippen molar-refractivity contribution in [1.82, 2.24) is 4.90 Å². The molecule has 0 aromatic heterocycles. The Hall–Kier alpha value is -0.220. The predicted octanol–water partition coefficient (Wildman–Crippen LogP) is 1.38. The van der Waals surface area contributed by atoms with Crippen LogP contribution in [0.1, 0.15) is 19.3 Å². The van der Waals surface area contributed by atoms with E-state index in [0.29, 0.717) is 6.04 Å². The van der Waals surface area contributed by atoms with Gasteiger partial charge in [0.1, 0.15) is 0 Å². The summed E-state index contributed by atoms with van der Waals surface area (Å²) in [6.45, 7) is 2.08. The van der Waals surface area contributed by atoms with Crippen LogP contribution in [-0.2, 0) is 9.53 Å². The number of hydrogen-bond acceptors (Lipinski definition) is 4. The molecular weight excluding hydrogens is 210 g/mol. The normalized spacial score (nSPS) is 32.9. The van der Waals surface area contributed by atoms with E-state index in [-0.39, 0.29) is 11.9 Å². The van der Waals surface area contributed by atoms with Gasteiger partial charge in [-0.15, -0.1) is 0 Å². The van der Waals surface area contributed by atoms with Gasteiger partial charge >= 0.3 is 5.97 Å². The van der Waals surface area contributed by atoms with E-state index < -0.39 is 0 Å². The van der Waals surface area contributed by atoms with Gasteiger partial charge in [-0.3, -0.25) is 9.69 Å². The molecule has 0 aromatic carbocycles. The van der Waals surface area contributed by atoms with Crippen LogP contribution < -0.4 is 0 Å². The van der Waals surface area contributed by atoms with Crippen LogP contribution in [0.15, 0.2) is 0 Å². The number of carbonyl (C=O) groups excluding carboxylic acids is 1. The average molecular weight is 229 g/mol. The third-order valence-electron chi connectivity index (χ3n) is 3.41. The van der Waals surface area contributed by atoms with E-state index >= 15 is 0 Å². The van der Waals surface area contributed by atoms with Crippen molar-refractivity contribution in [3.8, 4) is 0 Å². The zero-order valence-electron chi connectivity index (χ0n) is 9.28. The topological polar surface area (TPSA) is 29.5 Å². The van der Waals surface area contributed by atoms with Crippen molar-refractivity contribution < 1.29 is 9.53 Å². The lowest BCUT2D eigenvalue weighted by atomic mass is 9.96. The summed E-state index contributed by atoms with van der Waals surface area (Å²) in [5.74, 6) is 2.62. The number of carbonyl (C=O) groups is 1. The van der Waals surface area contributed by atoms with Crippen molar-refractivity contribution in [1.29, 1.82) is 0 Å². The van der Waals surface area contributed by atoms with Gasteiger partial charge in [0.2, 0.25) is 0 Å². The molecule has 2 saturated heterocycles. The van der Waals surface area contributed by atoms with E-state index in [1.54, 1.807) is 0 Å². The van der Waals surface area contributed by atoms with Crippen LogP contribution in [0.2, 0.25) is 0 Å². The minimum atomic E-state index is -0.0228. The summed E-state index contributed by atoms with van der Waals surface area (Å²) in [5, 5.41) is 0. The van der Waals surface area contributed by atoms with Crippen LogP contribution in [0.5, 0.6) is 0 Å². The molecule has 2 atom stereocenters. The average Bonchev–Trinajstić information content (AvgIpc) is 2.82. The van der Waals surface area contributed by atoms with E-state index in [2.05, 4.69) is 4.90 Å². The second kappa shape index (κ2) is 5.21. The Morgan fingerprint density at radius 3 is 3.00 bits per heavy atom. The Kier molecular flexibility index (Phi) is 3.92.